The Morgan fingerprint density at radius 3 is 2.07 bits per heavy atom. The number of sulfonamides is 1. The summed E-state index contributed by atoms with van der Waals surface area (Å²) in [7, 11) is -3.78. The van der Waals surface area contributed by atoms with E-state index in [1.165, 1.54) is 12.1 Å². The number of rotatable bonds is 9. The zero-order valence-corrected chi connectivity index (χ0v) is 16.7. The van der Waals surface area contributed by atoms with Crippen molar-refractivity contribution in [3.63, 3.8) is 0 Å². The monoisotopic (exact) mass is 390 g/mol. The molecule has 2 N–H and O–H groups in total. The van der Waals surface area contributed by atoms with Gasteiger partial charge in [0.15, 0.2) is 0 Å². The molecule has 0 aliphatic heterocycles. The summed E-state index contributed by atoms with van der Waals surface area (Å²) in [5.41, 5.74) is 2.82. The Labute approximate surface area is 161 Å². The molecule has 2 rings (SSSR count). The number of nitrogens with one attached hydrogen (secondary N) is 2. The van der Waals surface area contributed by atoms with Gasteiger partial charge in [0.2, 0.25) is 15.9 Å². The van der Waals surface area contributed by atoms with Crippen molar-refractivity contribution >= 4 is 21.6 Å². The highest BCUT2D eigenvalue weighted by Crippen LogP contribution is 2.22. The van der Waals surface area contributed by atoms with E-state index in [0.29, 0.717) is 12.4 Å². The molecule has 27 heavy (non-hydrogen) atoms. The number of hydrogen-bond acceptors (Lipinski definition) is 4. The number of anilines is 1. The average molecular weight is 391 g/mol. The molecule has 0 aliphatic rings. The standard InChI is InChI=1S/C20H26N2O4S/c1-4-15-8-7-9-16(5-2)20(15)22-19(23)14-21-27(24,25)18-12-10-17(11-13-18)26-6-3/h7-13,21H,4-6,14H2,1-3H3,(H,22,23). The van der Waals surface area contributed by atoms with Gasteiger partial charge in [-0.3, -0.25) is 4.79 Å². The smallest absolute Gasteiger partial charge is 0.241 e. The molecule has 0 atom stereocenters. The SMILES string of the molecule is CCOc1ccc(S(=O)(=O)NCC(=O)Nc2c(CC)cccc2CC)cc1. The summed E-state index contributed by atoms with van der Waals surface area (Å²) in [6.45, 7) is 6.05. The normalized spacial score (nSPS) is 11.2. The van der Waals surface area contributed by atoms with Gasteiger partial charge in [-0.15, -0.1) is 0 Å². The first kappa shape index (κ1) is 20.9. The summed E-state index contributed by atoms with van der Waals surface area (Å²) in [6.07, 6.45) is 1.56. The Kier molecular flexibility index (Phi) is 7.38. The number of carbonyl (C=O) groups excluding carboxylic acids is 1. The van der Waals surface area contributed by atoms with Crippen molar-refractivity contribution in [2.75, 3.05) is 18.5 Å². The number of hydrogen-bond donors (Lipinski definition) is 2. The fourth-order valence-corrected chi connectivity index (χ4v) is 3.69. The first-order valence-corrected chi connectivity index (χ1v) is 10.5. The van der Waals surface area contributed by atoms with Crippen LogP contribution in [0.5, 0.6) is 5.75 Å². The minimum Gasteiger partial charge on any atom is -0.494 e. The Morgan fingerprint density at radius 2 is 1.56 bits per heavy atom. The average Bonchev–Trinajstić information content (AvgIpc) is 2.67. The van der Waals surface area contributed by atoms with Crippen molar-refractivity contribution in [2.24, 2.45) is 0 Å². The molecule has 0 unspecified atom stereocenters. The minimum absolute atomic E-state index is 0.0851. The lowest BCUT2D eigenvalue weighted by atomic mass is 10.0. The van der Waals surface area contributed by atoms with E-state index >= 15 is 0 Å². The number of para-hydroxylation sites is 1. The molecule has 0 aliphatic carbocycles. The summed E-state index contributed by atoms with van der Waals surface area (Å²) in [5, 5.41) is 2.85. The first-order chi connectivity index (χ1) is 12.9. The third-order valence-corrected chi connectivity index (χ3v) is 5.55. The van der Waals surface area contributed by atoms with E-state index in [1.54, 1.807) is 12.1 Å². The predicted octanol–water partition coefficient (Wildman–Crippen LogP) is 3.13. The van der Waals surface area contributed by atoms with Crippen molar-refractivity contribution in [1.29, 1.82) is 0 Å². The summed E-state index contributed by atoms with van der Waals surface area (Å²) >= 11 is 0. The van der Waals surface area contributed by atoms with E-state index in [4.69, 9.17) is 4.74 Å². The van der Waals surface area contributed by atoms with Gasteiger partial charge in [0, 0.05) is 5.69 Å². The van der Waals surface area contributed by atoms with Crippen molar-refractivity contribution < 1.29 is 17.9 Å². The van der Waals surface area contributed by atoms with Gasteiger partial charge in [-0.05, 0) is 55.2 Å². The third-order valence-electron chi connectivity index (χ3n) is 4.13. The molecule has 0 saturated heterocycles. The molecule has 0 spiro atoms. The third kappa shape index (κ3) is 5.55. The predicted molar refractivity (Wildman–Crippen MR) is 107 cm³/mol. The molecule has 7 heteroatoms. The molecule has 0 fully saturated rings. The topological polar surface area (TPSA) is 84.5 Å². The summed E-state index contributed by atoms with van der Waals surface area (Å²) < 4.78 is 32.4. The van der Waals surface area contributed by atoms with E-state index in [-0.39, 0.29) is 11.4 Å². The van der Waals surface area contributed by atoms with Gasteiger partial charge >= 0.3 is 0 Å². The highest BCUT2D eigenvalue weighted by molar-refractivity contribution is 7.89. The van der Waals surface area contributed by atoms with E-state index in [2.05, 4.69) is 10.0 Å². The van der Waals surface area contributed by atoms with E-state index in [1.807, 2.05) is 39.0 Å². The molecule has 146 valence electrons. The lowest BCUT2D eigenvalue weighted by molar-refractivity contribution is -0.115. The van der Waals surface area contributed by atoms with Gasteiger partial charge < -0.3 is 10.1 Å². The van der Waals surface area contributed by atoms with Crippen LogP contribution >= 0.6 is 0 Å². The Morgan fingerprint density at radius 1 is 0.963 bits per heavy atom. The molecule has 0 aromatic heterocycles. The maximum absolute atomic E-state index is 12.4. The number of carbonyl (C=O) groups is 1. The van der Waals surface area contributed by atoms with Gasteiger partial charge in [0.1, 0.15) is 5.75 Å². The second kappa shape index (κ2) is 9.53. The van der Waals surface area contributed by atoms with Crippen LogP contribution in [0.3, 0.4) is 0 Å². The number of amides is 1. The zero-order chi connectivity index (χ0) is 19.9. The van der Waals surface area contributed by atoms with Crippen LogP contribution in [0.15, 0.2) is 47.4 Å². The molecule has 6 nitrogen and oxygen atoms in total. The minimum atomic E-state index is -3.78. The van der Waals surface area contributed by atoms with Crippen molar-refractivity contribution in [2.45, 2.75) is 38.5 Å². The van der Waals surface area contributed by atoms with Gasteiger partial charge in [0.05, 0.1) is 18.0 Å². The first-order valence-electron chi connectivity index (χ1n) is 9.04. The molecular formula is C20H26N2O4S. The molecule has 0 radical (unpaired) electrons. The molecule has 2 aromatic rings. The van der Waals surface area contributed by atoms with Crippen LogP contribution in [0.1, 0.15) is 31.9 Å². The van der Waals surface area contributed by atoms with Crippen LogP contribution in [0.25, 0.3) is 0 Å². The quantitative estimate of drug-likeness (QED) is 0.689. The van der Waals surface area contributed by atoms with Crippen LogP contribution in [0, 0.1) is 0 Å². The maximum atomic E-state index is 12.4. The van der Waals surface area contributed by atoms with Gasteiger partial charge in [0.25, 0.3) is 0 Å². The number of aryl methyl sites for hydroxylation is 2. The maximum Gasteiger partial charge on any atom is 0.241 e. The van der Waals surface area contributed by atoms with Gasteiger partial charge in [-0.25, -0.2) is 13.1 Å². The molecule has 0 heterocycles. The molecule has 1 amide bonds. The Balaban J connectivity index is 2.04. The lowest BCUT2D eigenvalue weighted by Gasteiger charge is -2.15. The second-order valence-electron chi connectivity index (χ2n) is 5.94. The Hall–Kier alpha value is -2.38. The zero-order valence-electron chi connectivity index (χ0n) is 15.9. The van der Waals surface area contributed by atoms with Crippen LogP contribution in [-0.4, -0.2) is 27.5 Å². The van der Waals surface area contributed by atoms with Gasteiger partial charge in [-0.2, -0.15) is 0 Å². The van der Waals surface area contributed by atoms with E-state index in [0.717, 1.165) is 29.7 Å². The lowest BCUT2D eigenvalue weighted by Crippen LogP contribution is -2.33. The Bertz CT molecular complexity index is 855. The highest BCUT2D eigenvalue weighted by atomic mass is 32.2. The van der Waals surface area contributed by atoms with E-state index < -0.39 is 15.9 Å². The van der Waals surface area contributed by atoms with Crippen molar-refractivity contribution in [1.82, 2.24) is 4.72 Å². The summed E-state index contributed by atoms with van der Waals surface area (Å²) in [5.74, 6) is 0.192. The number of benzene rings is 2. The van der Waals surface area contributed by atoms with Crippen molar-refractivity contribution in [3.05, 3.63) is 53.6 Å². The molecular weight excluding hydrogens is 364 g/mol. The van der Waals surface area contributed by atoms with Crippen LogP contribution in [0.4, 0.5) is 5.69 Å². The summed E-state index contributed by atoms with van der Waals surface area (Å²) in [4.78, 5) is 12.4. The van der Waals surface area contributed by atoms with E-state index in [9.17, 15) is 13.2 Å². The van der Waals surface area contributed by atoms with Crippen LogP contribution < -0.4 is 14.8 Å². The molecule has 0 bridgehead atoms. The highest BCUT2D eigenvalue weighted by Gasteiger charge is 2.17. The fraction of sp³-hybridized carbons (Fsp3) is 0.350. The fourth-order valence-electron chi connectivity index (χ4n) is 2.71. The van der Waals surface area contributed by atoms with Crippen LogP contribution in [0.2, 0.25) is 0 Å². The second-order valence-corrected chi connectivity index (χ2v) is 7.70. The number of ether oxygens (including phenoxy) is 1. The largest absolute Gasteiger partial charge is 0.494 e. The molecule has 0 saturated carbocycles. The van der Waals surface area contributed by atoms with Gasteiger partial charge in [-0.1, -0.05) is 32.0 Å². The van der Waals surface area contributed by atoms with Crippen molar-refractivity contribution in [3.8, 4) is 5.75 Å². The van der Waals surface area contributed by atoms with Crippen LogP contribution in [-0.2, 0) is 27.7 Å². The molecule has 2 aromatic carbocycles. The summed E-state index contributed by atoms with van der Waals surface area (Å²) in [6, 6.07) is 12.0.